The maximum Gasteiger partial charge on any atom is 0.234 e. The lowest BCUT2D eigenvalue weighted by Crippen LogP contribution is -2.18. The predicted molar refractivity (Wildman–Crippen MR) is 89.4 cm³/mol. The van der Waals surface area contributed by atoms with E-state index in [1.165, 1.54) is 16.4 Å². The van der Waals surface area contributed by atoms with Gasteiger partial charge in [0, 0.05) is 12.1 Å². The molecular formula is C15H21N5OS. The first-order valence-electron chi connectivity index (χ1n) is 7.21. The number of carbonyl (C=O) groups is 1. The third-order valence-electron chi connectivity index (χ3n) is 3.29. The average molecular weight is 319 g/mol. The minimum absolute atomic E-state index is 0.0811. The Morgan fingerprint density at radius 1 is 1.32 bits per heavy atom. The van der Waals surface area contributed by atoms with E-state index in [2.05, 4.69) is 22.4 Å². The summed E-state index contributed by atoms with van der Waals surface area (Å²) in [5, 5.41) is 11.5. The highest BCUT2D eigenvalue weighted by Gasteiger charge is 2.13. The van der Waals surface area contributed by atoms with Crippen LogP contribution >= 0.6 is 11.8 Å². The molecule has 0 atom stereocenters. The molecule has 0 saturated heterocycles. The zero-order chi connectivity index (χ0) is 16.1. The maximum atomic E-state index is 12.1. The summed E-state index contributed by atoms with van der Waals surface area (Å²) in [5.74, 6) is 6.82. The Labute approximate surface area is 134 Å². The van der Waals surface area contributed by atoms with Crippen LogP contribution in [0.3, 0.4) is 0 Å². The molecule has 2 aromatic rings. The average Bonchev–Trinajstić information content (AvgIpc) is 2.82. The largest absolute Gasteiger partial charge is 0.336 e. The van der Waals surface area contributed by atoms with E-state index in [4.69, 9.17) is 5.84 Å². The number of nitrogens with one attached hydrogen (secondary N) is 1. The quantitative estimate of drug-likeness (QED) is 0.630. The van der Waals surface area contributed by atoms with Gasteiger partial charge in [0.25, 0.3) is 0 Å². The summed E-state index contributed by atoms with van der Waals surface area (Å²) in [7, 11) is 0. The number of nitrogens with two attached hydrogens (primary N) is 1. The van der Waals surface area contributed by atoms with Crippen LogP contribution < -0.4 is 11.2 Å². The van der Waals surface area contributed by atoms with E-state index >= 15 is 0 Å². The number of nitrogen functional groups attached to an aromatic ring is 1. The van der Waals surface area contributed by atoms with Crippen LogP contribution in [0, 0.1) is 13.8 Å². The van der Waals surface area contributed by atoms with Crippen molar-refractivity contribution in [1.82, 2.24) is 14.9 Å². The highest BCUT2D eigenvalue weighted by molar-refractivity contribution is 7.99. The van der Waals surface area contributed by atoms with Crippen molar-refractivity contribution in [1.29, 1.82) is 0 Å². The first kappa shape index (κ1) is 16.4. The summed E-state index contributed by atoms with van der Waals surface area (Å²) in [6.07, 6.45) is 1.73. The van der Waals surface area contributed by atoms with Crippen molar-refractivity contribution < 1.29 is 4.79 Å². The number of amides is 1. The Morgan fingerprint density at radius 3 is 2.64 bits per heavy atom. The number of aromatic nitrogens is 3. The van der Waals surface area contributed by atoms with Crippen LogP contribution in [0.2, 0.25) is 0 Å². The topological polar surface area (TPSA) is 85.8 Å². The molecule has 1 aromatic carbocycles. The molecule has 7 heteroatoms. The van der Waals surface area contributed by atoms with Crippen molar-refractivity contribution >= 4 is 23.4 Å². The van der Waals surface area contributed by atoms with E-state index < -0.39 is 0 Å². The number of benzene rings is 1. The zero-order valence-corrected chi connectivity index (χ0v) is 13.9. The lowest BCUT2D eigenvalue weighted by molar-refractivity contribution is -0.113. The Balaban J connectivity index is 1.96. The highest BCUT2D eigenvalue weighted by Crippen LogP contribution is 2.21. The Kier molecular flexibility index (Phi) is 5.43. The van der Waals surface area contributed by atoms with E-state index in [9.17, 15) is 4.79 Å². The highest BCUT2D eigenvalue weighted by atomic mass is 32.2. The summed E-state index contributed by atoms with van der Waals surface area (Å²) in [6.45, 7) is 6.01. The summed E-state index contributed by atoms with van der Waals surface area (Å²) in [4.78, 5) is 12.1. The standard InChI is InChI=1S/C15H21N5OS/c1-4-6-12-18-19-15(20(12)16)22-9-13(21)17-14-10(2)7-5-8-11(14)3/h5,7-8H,4,6,9,16H2,1-3H3,(H,17,21). The van der Waals surface area contributed by atoms with E-state index in [0.717, 1.165) is 35.5 Å². The van der Waals surface area contributed by atoms with Crippen molar-refractivity contribution in [2.75, 3.05) is 16.9 Å². The van der Waals surface area contributed by atoms with Gasteiger partial charge in [-0.1, -0.05) is 36.9 Å². The first-order valence-corrected chi connectivity index (χ1v) is 8.19. The molecule has 0 aliphatic heterocycles. The van der Waals surface area contributed by atoms with Gasteiger partial charge in [-0.3, -0.25) is 4.79 Å². The molecule has 0 spiro atoms. The third kappa shape index (κ3) is 3.79. The Morgan fingerprint density at radius 2 is 2.00 bits per heavy atom. The van der Waals surface area contributed by atoms with Crippen LogP contribution in [-0.4, -0.2) is 26.5 Å². The number of carbonyl (C=O) groups excluding carboxylic acids is 1. The molecule has 22 heavy (non-hydrogen) atoms. The summed E-state index contributed by atoms with van der Waals surface area (Å²) in [6, 6.07) is 5.92. The molecule has 1 amide bonds. The summed E-state index contributed by atoms with van der Waals surface area (Å²) >= 11 is 1.29. The molecule has 6 nitrogen and oxygen atoms in total. The van der Waals surface area contributed by atoms with E-state index in [1.807, 2.05) is 32.0 Å². The minimum atomic E-state index is -0.0811. The van der Waals surface area contributed by atoms with Gasteiger partial charge in [0.2, 0.25) is 11.1 Å². The van der Waals surface area contributed by atoms with Gasteiger partial charge >= 0.3 is 0 Å². The number of para-hydroxylation sites is 1. The molecule has 1 heterocycles. The summed E-state index contributed by atoms with van der Waals surface area (Å²) in [5.41, 5.74) is 2.96. The van der Waals surface area contributed by atoms with Gasteiger partial charge in [0.1, 0.15) is 0 Å². The number of hydrogen-bond donors (Lipinski definition) is 2. The molecule has 1 aromatic heterocycles. The van der Waals surface area contributed by atoms with E-state index in [1.54, 1.807) is 0 Å². The lowest BCUT2D eigenvalue weighted by Gasteiger charge is -2.11. The Hall–Kier alpha value is -2.02. The van der Waals surface area contributed by atoms with E-state index in [-0.39, 0.29) is 11.7 Å². The van der Waals surface area contributed by atoms with Crippen LogP contribution in [0.15, 0.2) is 23.4 Å². The minimum Gasteiger partial charge on any atom is -0.336 e. The second-order valence-corrected chi connectivity index (χ2v) is 6.06. The summed E-state index contributed by atoms with van der Waals surface area (Å²) < 4.78 is 1.46. The molecule has 0 aliphatic carbocycles. The lowest BCUT2D eigenvalue weighted by atomic mass is 10.1. The fraction of sp³-hybridized carbons (Fsp3) is 0.400. The maximum absolute atomic E-state index is 12.1. The van der Waals surface area contributed by atoms with Crippen molar-refractivity contribution in [2.45, 2.75) is 38.8 Å². The number of nitrogens with zero attached hydrogens (tertiary/aromatic N) is 3. The normalized spacial score (nSPS) is 10.7. The van der Waals surface area contributed by atoms with E-state index in [0.29, 0.717) is 5.16 Å². The van der Waals surface area contributed by atoms with Gasteiger partial charge in [0.15, 0.2) is 5.82 Å². The van der Waals surface area contributed by atoms with Crippen LogP contribution in [0.4, 0.5) is 5.69 Å². The molecule has 0 fully saturated rings. The van der Waals surface area contributed by atoms with Gasteiger partial charge in [-0.05, 0) is 31.4 Å². The molecule has 0 saturated carbocycles. The van der Waals surface area contributed by atoms with Crippen molar-refractivity contribution in [3.05, 3.63) is 35.2 Å². The predicted octanol–water partition coefficient (Wildman–Crippen LogP) is 2.29. The van der Waals surface area contributed by atoms with Crippen LogP contribution in [0.5, 0.6) is 0 Å². The fourth-order valence-corrected chi connectivity index (χ4v) is 2.79. The number of hydrogen-bond acceptors (Lipinski definition) is 5. The van der Waals surface area contributed by atoms with Crippen molar-refractivity contribution in [3.63, 3.8) is 0 Å². The number of aryl methyl sites for hydroxylation is 3. The van der Waals surface area contributed by atoms with Gasteiger partial charge in [0.05, 0.1) is 5.75 Å². The van der Waals surface area contributed by atoms with Crippen LogP contribution in [0.1, 0.15) is 30.3 Å². The smallest absolute Gasteiger partial charge is 0.234 e. The van der Waals surface area contributed by atoms with Gasteiger partial charge < -0.3 is 11.2 Å². The molecule has 0 aliphatic rings. The molecule has 3 N–H and O–H groups in total. The number of anilines is 1. The molecule has 0 bridgehead atoms. The second-order valence-electron chi connectivity index (χ2n) is 5.12. The van der Waals surface area contributed by atoms with Gasteiger partial charge in [-0.2, -0.15) is 0 Å². The van der Waals surface area contributed by atoms with Gasteiger partial charge in [-0.25, -0.2) is 4.68 Å². The molecule has 118 valence electrons. The van der Waals surface area contributed by atoms with Gasteiger partial charge in [-0.15, -0.1) is 10.2 Å². The molecule has 2 rings (SSSR count). The zero-order valence-electron chi connectivity index (χ0n) is 13.1. The van der Waals surface area contributed by atoms with Crippen LogP contribution in [-0.2, 0) is 11.2 Å². The SMILES string of the molecule is CCCc1nnc(SCC(=O)Nc2c(C)cccc2C)n1N. The molecular weight excluding hydrogens is 298 g/mol. The third-order valence-corrected chi connectivity index (χ3v) is 4.23. The first-order chi connectivity index (χ1) is 10.5. The van der Waals surface area contributed by atoms with Crippen molar-refractivity contribution in [3.8, 4) is 0 Å². The monoisotopic (exact) mass is 319 g/mol. The molecule has 0 radical (unpaired) electrons. The number of thioether (sulfide) groups is 1. The Bertz CT molecular complexity index is 648. The molecule has 0 unspecified atom stereocenters. The fourth-order valence-electron chi connectivity index (χ4n) is 2.12. The van der Waals surface area contributed by atoms with Crippen molar-refractivity contribution in [2.24, 2.45) is 0 Å². The van der Waals surface area contributed by atoms with Crippen LogP contribution in [0.25, 0.3) is 0 Å². The second kappa shape index (κ2) is 7.31. The number of rotatable bonds is 6.